The van der Waals surface area contributed by atoms with Gasteiger partial charge in [-0.05, 0) is 31.3 Å². The lowest BCUT2D eigenvalue weighted by Crippen LogP contribution is -2.38. The molecule has 82 valence electrons. The Balaban J connectivity index is 0.000000404. The second-order valence-electron chi connectivity index (χ2n) is 4.20. The Morgan fingerprint density at radius 3 is 2.47 bits per heavy atom. The summed E-state index contributed by atoms with van der Waals surface area (Å²) < 4.78 is 0. The van der Waals surface area contributed by atoms with Gasteiger partial charge in [0, 0.05) is 5.70 Å². The Kier molecular flexibility index (Phi) is 2.68. The van der Waals surface area contributed by atoms with Gasteiger partial charge in [0.25, 0.3) is 0 Å². The molecule has 0 radical (unpaired) electrons. The van der Waals surface area contributed by atoms with Crippen molar-refractivity contribution < 1.29 is 4.79 Å². The number of amides is 1. The van der Waals surface area contributed by atoms with Crippen molar-refractivity contribution in [1.82, 2.24) is 5.32 Å². The SMILES string of the molecule is CC.O=C1NC2=CCCC=C2C12CCC2. The van der Waals surface area contributed by atoms with Crippen molar-refractivity contribution >= 4 is 5.91 Å². The predicted octanol–water partition coefficient (Wildman–Crippen LogP) is 2.92. The van der Waals surface area contributed by atoms with Crippen LogP contribution in [0.15, 0.2) is 23.4 Å². The van der Waals surface area contributed by atoms with Gasteiger partial charge < -0.3 is 5.32 Å². The van der Waals surface area contributed by atoms with Gasteiger partial charge in [0.2, 0.25) is 5.91 Å². The molecule has 1 aliphatic heterocycles. The summed E-state index contributed by atoms with van der Waals surface area (Å²) in [6.07, 6.45) is 9.93. The summed E-state index contributed by atoms with van der Waals surface area (Å²) in [5, 5.41) is 3.00. The van der Waals surface area contributed by atoms with E-state index >= 15 is 0 Å². The van der Waals surface area contributed by atoms with E-state index in [0.717, 1.165) is 31.4 Å². The van der Waals surface area contributed by atoms with Crippen molar-refractivity contribution in [2.45, 2.75) is 46.0 Å². The molecular formula is C13H19NO. The summed E-state index contributed by atoms with van der Waals surface area (Å²) in [5.74, 6) is 0.248. The quantitative estimate of drug-likeness (QED) is 0.647. The highest BCUT2D eigenvalue weighted by atomic mass is 16.2. The number of fused-ring (bicyclic) bond motifs is 2. The zero-order valence-electron chi connectivity index (χ0n) is 9.60. The Bertz CT molecular complexity index is 334. The molecule has 1 saturated heterocycles. The van der Waals surface area contributed by atoms with Gasteiger partial charge in [-0.25, -0.2) is 0 Å². The molecule has 15 heavy (non-hydrogen) atoms. The maximum atomic E-state index is 11.8. The Hall–Kier alpha value is -1.05. The van der Waals surface area contributed by atoms with E-state index < -0.39 is 0 Å². The molecule has 0 unspecified atom stereocenters. The van der Waals surface area contributed by atoms with E-state index in [4.69, 9.17) is 0 Å². The van der Waals surface area contributed by atoms with Gasteiger partial charge in [0.1, 0.15) is 0 Å². The summed E-state index contributed by atoms with van der Waals surface area (Å²) in [5.41, 5.74) is 2.32. The van der Waals surface area contributed by atoms with E-state index in [1.807, 2.05) is 13.8 Å². The smallest absolute Gasteiger partial charge is 0.235 e. The van der Waals surface area contributed by atoms with Crippen molar-refractivity contribution in [2.75, 3.05) is 0 Å². The van der Waals surface area contributed by atoms with Crippen LogP contribution in [0, 0.1) is 5.41 Å². The van der Waals surface area contributed by atoms with Gasteiger partial charge in [0.15, 0.2) is 0 Å². The molecule has 0 atom stereocenters. The molecule has 1 amide bonds. The van der Waals surface area contributed by atoms with Gasteiger partial charge >= 0.3 is 0 Å². The summed E-state index contributed by atoms with van der Waals surface area (Å²) in [7, 11) is 0. The molecule has 0 aromatic rings. The molecule has 2 fully saturated rings. The van der Waals surface area contributed by atoms with Gasteiger partial charge in [-0.3, -0.25) is 4.79 Å². The van der Waals surface area contributed by atoms with Crippen molar-refractivity contribution in [2.24, 2.45) is 5.41 Å². The first-order valence-electron chi connectivity index (χ1n) is 6.06. The lowest BCUT2D eigenvalue weighted by Gasteiger charge is -2.36. The van der Waals surface area contributed by atoms with Gasteiger partial charge in [0.05, 0.1) is 5.41 Å². The average Bonchev–Trinajstić information content (AvgIpc) is 2.52. The lowest BCUT2D eigenvalue weighted by atomic mass is 9.64. The minimum Gasteiger partial charge on any atom is -0.325 e. The van der Waals surface area contributed by atoms with Crippen molar-refractivity contribution in [1.29, 1.82) is 0 Å². The standard InChI is InChI=1S/C11H13NO.C2H6/c13-10-11(6-3-7-11)8-4-1-2-5-9(8)12-10;1-2/h4-5H,1-3,6-7H2,(H,12,13);1-2H3. The van der Waals surface area contributed by atoms with Gasteiger partial charge in [-0.1, -0.05) is 32.4 Å². The Morgan fingerprint density at radius 2 is 1.87 bits per heavy atom. The zero-order valence-corrected chi connectivity index (χ0v) is 9.60. The third kappa shape index (κ3) is 1.35. The van der Waals surface area contributed by atoms with E-state index in [1.165, 1.54) is 12.0 Å². The van der Waals surface area contributed by atoms with E-state index in [-0.39, 0.29) is 11.3 Å². The molecule has 1 saturated carbocycles. The molecule has 0 bridgehead atoms. The first-order chi connectivity index (χ1) is 7.33. The first-order valence-corrected chi connectivity index (χ1v) is 6.06. The topological polar surface area (TPSA) is 29.1 Å². The fraction of sp³-hybridized carbons (Fsp3) is 0.615. The van der Waals surface area contributed by atoms with Crippen LogP contribution in [0.1, 0.15) is 46.0 Å². The molecule has 3 aliphatic rings. The summed E-state index contributed by atoms with van der Waals surface area (Å²) in [4.78, 5) is 11.8. The Morgan fingerprint density at radius 1 is 1.20 bits per heavy atom. The molecule has 2 aliphatic carbocycles. The van der Waals surface area contributed by atoms with Gasteiger partial charge in [-0.15, -0.1) is 0 Å². The molecule has 1 spiro atoms. The van der Waals surface area contributed by atoms with Crippen LogP contribution in [-0.2, 0) is 4.79 Å². The fourth-order valence-corrected chi connectivity index (χ4v) is 2.64. The summed E-state index contributed by atoms with van der Waals surface area (Å²) >= 11 is 0. The number of hydrogen-bond donors (Lipinski definition) is 1. The van der Waals surface area contributed by atoms with Crippen molar-refractivity contribution in [3.63, 3.8) is 0 Å². The number of carbonyl (C=O) groups excluding carboxylic acids is 1. The van der Waals surface area contributed by atoms with E-state index in [2.05, 4.69) is 17.5 Å². The molecule has 1 N–H and O–H groups in total. The third-order valence-corrected chi connectivity index (χ3v) is 3.56. The van der Waals surface area contributed by atoms with Crippen molar-refractivity contribution in [3.05, 3.63) is 23.4 Å². The number of hydrogen-bond acceptors (Lipinski definition) is 1. The number of nitrogens with one attached hydrogen (secondary N) is 1. The van der Waals surface area contributed by atoms with Crippen LogP contribution in [0.3, 0.4) is 0 Å². The predicted molar refractivity (Wildman–Crippen MR) is 61.2 cm³/mol. The number of rotatable bonds is 0. The van der Waals surface area contributed by atoms with Crippen LogP contribution in [0.2, 0.25) is 0 Å². The van der Waals surface area contributed by atoms with Crippen LogP contribution in [0.5, 0.6) is 0 Å². The van der Waals surface area contributed by atoms with Gasteiger partial charge in [-0.2, -0.15) is 0 Å². The monoisotopic (exact) mass is 205 g/mol. The first kappa shape index (κ1) is 10.5. The zero-order chi connectivity index (χ0) is 10.9. The third-order valence-electron chi connectivity index (χ3n) is 3.56. The highest BCUT2D eigenvalue weighted by Gasteiger charge is 2.52. The molecule has 3 rings (SSSR count). The fourth-order valence-electron chi connectivity index (χ4n) is 2.64. The second-order valence-corrected chi connectivity index (χ2v) is 4.20. The van der Waals surface area contributed by atoms with E-state index in [9.17, 15) is 4.79 Å². The molecule has 0 aromatic heterocycles. The van der Waals surface area contributed by atoms with E-state index in [0.29, 0.717) is 0 Å². The highest BCUT2D eigenvalue weighted by molar-refractivity contribution is 5.94. The normalized spacial score (nSPS) is 25.3. The Labute approximate surface area is 91.4 Å². The highest BCUT2D eigenvalue weighted by Crippen LogP contribution is 2.53. The number of allylic oxidation sites excluding steroid dienone is 3. The van der Waals surface area contributed by atoms with Crippen LogP contribution in [0.4, 0.5) is 0 Å². The van der Waals surface area contributed by atoms with Crippen LogP contribution in [0.25, 0.3) is 0 Å². The van der Waals surface area contributed by atoms with Crippen LogP contribution >= 0.6 is 0 Å². The average molecular weight is 205 g/mol. The number of carbonyl (C=O) groups is 1. The second kappa shape index (κ2) is 3.84. The summed E-state index contributed by atoms with van der Waals surface area (Å²) in [6.45, 7) is 4.00. The lowest BCUT2D eigenvalue weighted by molar-refractivity contribution is -0.129. The molecule has 0 aromatic carbocycles. The van der Waals surface area contributed by atoms with Crippen molar-refractivity contribution in [3.8, 4) is 0 Å². The molecule has 2 heteroatoms. The van der Waals surface area contributed by atoms with Crippen LogP contribution in [-0.4, -0.2) is 5.91 Å². The van der Waals surface area contributed by atoms with E-state index in [1.54, 1.807) is 0 Å². The summed E-state index contributed by atoms with van der Waals surface area (Å²) in [6, 6.07) is 0. The minimum atomic E-state index is -0.0910. The molecule has 2 nitrogen and oxygen atoms in total. The molecule has 1 heterocycles. The maximum absolute atomic E-state index is 11.8. The minimum absolute atomic E-state index is 0.0910. The largest absolute Gasteiger partial charge is 0.325 e. The molecular weight excluding hydrogens is 186 g/mol. The van der Waals surface area contributed by atoms with Crippen LogP contribution < -0.4 is 5.32 Å². The maximum Gasteiger partial charge on any atom is 0.235 e.